The van der Waals surface area contributed by atoms with Crippen LogP contribution in [0.25, 0.3) is 0 Å². The Morgan fingerprint density at radius 3 is 2.63 bits per heavy atom. The highest BCUT2D eigenvalue weighted by atomic mass is 32.1. The Morgan fingerprint density at radius 2 is 1.78 bits per heavy atom. The number of anilines is 1. The first-order valence-electron chi connectivity index (χ1n) is 9.09. The van der Waals surface area contributed by atoms with Crippen molar-refractivity contribution in [3.05, 3.63) is 53.6 Å². The summed E-state index contributed by atoms with van der Waals surface area (Å²) in [6, 6.07) is 14.2. The van der Waals surface area contributed by atoms with E-state index in [1.165, 1.54) is 11.1 Å². The average molecular weight is 385 g/mol. The summed E-state index contributed by atoms with van der Waals surface area (Å²) >= 11 is 5.45. The molecule has 2 aromatic carbocycles. The van der Waals surface area contributed by atoms with Crippen molar-refractivity contribution < 1.29 is 14.2 Å². The van der Waals surface area contributed by atoms with Gasteiger partial charge in [-0.3, -0.25) is 4.90 Å². The van der Waals surface area contributed by atoms with Gasteiger partial charge in [-0.1, -0.05) is 24.3 Å². The zero-order valence-corrected chi connectivity index (χ0v) is 15.9. The summed E-state index contributed by atoms with van der Waals surface area (Å²) in [6.45, 7) is 5.45. The quantitative estimate of drug-likeness (QED) is 0.768. The van der Waals surface area contributed by atoms with Crippen molar-refractivity contribution in [2.75, 3.05) is 38.4 Å². The molecule has 0 radical (unpaired) electrons. The van der Waals surface area contributed by atoms with Crippen molar-refractivity contribution in [2.45, 2.75) is 13.1 Å². The van der Waals surface area contributed by atoms with Crippen LogP contribution in [0.5, 0.6) is 11.5 Å². The van der Waals surface area contributed by atoms with Gasteiger partial charge in [-0.2, -0.15) is 0 Å². The molecule has 4 rings (SSSR count). The molecule has 2 aromatic rings. The molecule has 0 saturated carbocycles. The SMILES string of the molecule is S=C(NCc1ccccc1CN1CCOCC1)Nc1ccc2c(c1)OCO2. The van der Waals surface area contributed by atoms with Crippen LogP contribution in [0.1, 0.15) is 11.1 Å². The summed E-state index contributed by atoms with van der Waals surface area (Å²) in [5, 5.41) is 7.08. The van der Waals surface area contributed by atoms with Crippen molar-refractivity contribution in [3.8, 4) is 11.5 Å². The van der Waals surface area contributed by atoms with Crippen LogP contribution in [0.15, 0.2) is 42.5 Å². The number of nitrogens with one attached hydrogen (secondary N) is 2. The third-order valence-corrected chi connectivity index (χ3v) is 4.93. The van der Waals surface area contributed by atoms with Gasteiger partial charge in [0.1, 0.15) is 0 Å². The molecule has 0 unspecified atom stereocenters. The highest BCUT2D eigenvalue weighted by Gasteiger charge is 2.14. The largest absolute Gasteiger partial charge is 0.454 e. The lowest BCUT2D eigenvalue weighted by molar-refractivity contribution is 0.0341. The first-order chi connectivity index (χ1) is 13.3. The minimum atomic E-state index is 0.265. The topological polar surface area (TPSA) is 55.0 Å². The van der Waals surface area contributed by atoms with Gasteiger partial charge in [0.05, 0.1) is 13.2 Å². The van der Waals surface area contributed by atoms with Gasteiger partial charge in [0.2, 0.25) is 6.79 Å². The Hall–Kier alpha value is -2.35. The molecule has 0 aromatic heterocycles. The third-order valence-electron chi connectivity index (χ3n) is 4.69. The van der Waals surface area contributed by atoms with Crippen LogP contribution in [0, 0.1) is 0 Å². The number of fused-ring (bicyclic) bond motifs is 1. The molecule has 27 heavy (non-hydrogen) atoms. The molecule has 2 heterocycles. The summed E-state index contributed by atoms with van der Waals surface area (Å²) in [7, 11) is 0. The van der Waals surface area contributed by atoms with Crippen molar-refractivity contribution in [3.63, 3.8) is 0 Å². The standard InChI is InChI=1S/C20H23N3O3S/c27-20(22-17-5-6-18-19(11-17)26-14-25-18)21-12-15-3-1-2-4-16(15)13-23-7-9-24-10-8-23/h1-6,11H,7-10,12-14H2,(H2,21,22,27). The number of thiocarbonyl (C=S) groups is 1. The van der Waals surface area contributed by atoms with E-state index in [2.05, 4.69) is 39.8 Å². The molecule has 2 N–H and O–H groups in total. The molecule has 2 aliphatic rings. The van der Waals surface area contributed by atoms with Gasteiger partial charge in [0.25, 0.3) is 0 Å². The van der Waals surface area contributed by atoms with E-state index in [-0.39, 0.29) is 6.79 Å². The van der Waals surface area contributed by atoms with Crippen LogP contribution in [0.3, 0.4) is 0 Å². The fraction of sp³-hybridized carbons (Fsp3) is 0.350. The number of nitrogens with zero attached hydrogens (tertiary/aromatic N) is 1. The molecule has 0 bridgehead atoms. The number of morpholine rings is 1. The molecular weight excluding hydrogens is 362 g/mol. The van der Waals surface area contributed by atoms with E-state index in [1.54, 1.807) is 0 Å². The van der Waals surface area contributed by atoms with Crippen molar-refractivity contribution >= 4 is 23.0 Å². The second-order valence-electron chi connectivity index (χ2n) is 6.53. The predicted octanol–water partition coefficient (Wildman–Crippen LogP) is 2.73. The van der Waals surface area contributed by atoms with Crippen LogP contribution in [-0.4, -0.2) is 43.1 Å². The highest BCUT2D eigenvalue weighted by Crippen LogP contribution is 2.34. The molecule has 6 nitrogen and oxygen atoms in total. The van der Waals surface area contributed by atoms with Crippen LogP contribution in [0.4, 0.5) is 5.69 Å². The summed E-state index contributed by atoms with van der Waals surface area (Å²) in [5.41, 5.74) is 3.44. The normalized spacial score (nSPS) is 16.1. The van der Waals surface area contributed by atoms with Crippen LogP contribution in [-0.2, 0) is 17.8 Å². The molecular formula is C20H23N3O3S. The molecule has 142 valence electrons. The summed E-state index contributed by atoms with van der Waals surface area (Å²) in [4.78, 5) is 2.42. The predicted molar refractivity (Wildman–Crippen MR) is 108 cm³/mol. The number of rotatable bonds is 5. The molecule has 7 heteroatoms. The van der Waals surface area contributed by atoms with E-state index in [4.69, 9.17) is 26.4 Å². The van der Waals surface area contributed by atoms with Gasteiger partial charge in [-0.25, -0.2) is 0 Å². The Balaban J connectivity index is 1.33. The maximum absolute atomic E-state index is 5.45. The van der Waals surface area contributed by atoms with Gasteiger partial charge in [-0.15, -0.1) is 0 Å². The maximum atomic E-state index is 5.45. The van der Waals surface area contributed by atoms with E-state index in [9.17, 15) is 0 Å². The lowest BCUT2D eigenvalue weighted by atomic mass is 10.1. The number of benzene rings is 2. The molecule has 0 spiro atoms. The fourth-order valence-electron chi connectivity index (χ4n) is 3.21. The van der Waals surface area contributed by atoms with E-state index in [0.717, 1.165) is 50.0 Å². The molecule has 0 aliphatic carbocycles. The zero-order valence-electron chi connectivity index (χ0n) is 15.1. The van der Waals surface area contributed by atoms with Gasteiger partial charge >= 0.3 is 0 Å². The Labute approximate surface area is 164 Å². The smallest absolute Gasteiger partial charge is 0.231 e. The van der Waals surface area contributed by atoms with Crippen molar-refractivity contribution in [1.82, 2.24) is 10.2 Å². The van der Waals surface area contributed by atoms with Crippen molar-refractivity contribution in [1.29, 1.82) is 0 Å². The first kappa shape index (κ1) is 18.0. The Kier molecular flexibility index (Phi) is 5.72. The monoisotopic (exact) mass is 385 g/mol. The van der Waals surface area contributed by atoms with Gasteiger partial charge < -0.3 is 24.8 Å². The fourth-order valence-corrected chi connectivity index (χ4v) is 3.40. The minimum absolute atomic E-state index is 0.265. The van der Waals surface area contributed by atoms with Gasteiger partial charge in [0, 0.05) is 37.9 Å². The molecule has 1 fully saturated rings. The number of hydrogen-bond acceptors (Lipinski definition) is 5. The van der Waals surface area contributed by atoms with Crippen molar-refractivity contribution in [2.24, 2.45) is 0 Å². The minimum Gasteiger partial charge on any atom is -0.454 e. The summed E-state index contributed by atoms with van der Waals surface area (Å²) in [5.74, 6) is 1.50. The third kappa shape index (κ3) is 4.68. The van der Waals surface area contributed by atoms with E-state index in [1.807, 2.05) is 18.2 Å². The van der Waals surface area contributed by atoms with Crippen LogP contribution >= 0.6 is 12.2 Å². The average Bonchev–Trinajstić information content (AvgIpc) is 3.16. The number of ether oxygens (including phenoxy) is 3. The van der Waals surface area contributed by atoms with Gasteiger partial charge in [-0.05, 0) is 35.5 Å². The Bertz CT molecular complexity index is 809. The second-order valence-corrected chi connectivity index (χ2v) is 6.94. The molecule has 2 aliphatic heterocycles. The van der Waals surface area contributed by atoms with E-state index < -0.39 is 0 Å². The van der Waals surface area contributed by atoms with Crippen LogP contribution < -0.4 is 20.1 Å². The second kappa shape index (κ2) is 8.56. The summed E-state index contributed by atoms with van der Waals surface area (Å²) in [6.07, 6.45) is 0. The zero-order chi connectivity index (χ0) is 18.5. The van der Waals surface area contributed by atoms with Gasteiger partial charge in [0.15, 0.2) is 16.6 Å². The maximum Gasteiger partial charge on any atom is 0.231 e. The molecule has 0 atom stereocenters. The summed E-state index contributed by atoms with van der Waals surface area (Å²) < 4.78 is 16.2. The highest BCUT2D eigenvalue weighted by molar-refractivity contribution is 7.80. The lowest BCUT2D eigenvalue weighted by Crippen LogP contribution is -2.36. The Morgan fingerprint density at radius 1 is 1.00 bits per heavy atom. The lowest BCUT2D eigenvalue weighted by Gasteiger charge is -2.27. The molecule has 0 amide bonds. The number of hydrogen-bond donors (Lipinski definition) is 2. The molecule has 1 saturated heterocycles. The van der Waals surface area contributed by atoms with E-state index >= 15 is 0 Å². The van der Waals surface area contributed by atoms with Crippen LogP contribution in [0.2, 0.25) is 0 Å². The first-order valence-corrected chi connectivity index (χ1v) is 9.50. The van der Waals surface area contributed by atoms with E-state index in [0.29, 0.717) is 11.7 Å².